The fourth-order valence-electron chi connectivity index (χ4n) is 3.93. The van der Waals surface area contributed by atoms with Gasteiger partial charge in [-0.25, -0.2) is 23.2 Å². The predicted molar refractivity (Wildman–Crippen MR) is 132 cm³/mol. The monoisotopic (exact) mass is 481 g/mol. The highest BCUT2D eigenvalue weighted by Crippen LogP contribution is 2.35. The molecule has 0 amide bonds. The molecule has 3 rings (SSSR count). The summed E-state index contributed by atoms with van der Waals surface area (Å²) in [6.07, 6.45) is 1.97. The standard InChI is InChI=1S/C20H29N3O6.C2H6.BHS/c1-20(29-22,19(26)27)17-5-3-12-9-13(2-4-16(12)28-17)18(21)23-14-6-11(7-14)8-15(25)10-24;2*1-2/h2,4,9,11,14-15,17,24-25H,3,5-8,10,22H2,1H3,(H2,21,23)(H,26,27);1-2H3;2H/t11?,14?,15?,17?,20-;;/m0../s1. The topological polar surface area (TPSA) is 161 Å². The number of aliphatic carboxylic acids is 1. The molecular formula is C22H36BN3O6S. The number of aliphatic hydroxyl groups excluding tert-OH is 2. The molecule has 33 heavy (non-hydrogen) atoms. The number of aliphatic imine (C=N–C) groups is 1. The van der Waals surface area contributed by atoms with Crippen molar-refractivity contribution in [2.45, 2.75) is 76.7 Å². The van der Waals surface area contributed by atoms with Crippen LogP contribution in [0.15, 0.2) is 23.2 Å². The SMILES string of the molecule is CC.C[C@@](ON)(C(=O)O)C1CCc2cc(C(N)=NC3CC(CC(O)CO)C3)ccc2O1.[B]S. The zero-order chi connectivity index (χ0) is 25.2. The van der Waals surface area contributed by atoms with E-state index in [1.165, 1.54) is 6.92 Å². The van der Waals surface area contributed by atoms with Gasteiger partial charge < -0.3 is 25.8 Å². The lowest BCUT2D eigenvalue weighted by Gasteiger charge is -2.35. The lowest BCUT2D eigenvalue weighted by Crippen LogP contribution is -2.54. The van der Waals surface area contributed by atoms with Crippen LogP contribution < -0.4 is 16.4 Å². The van der Waals surface area contributed by atoms with E-state index in [0.717, 1.165) is 24.0 Å². The molecule has 2 radical (unpaired) electrons. The largest absolute Gasteiger partial charge is 0.486 e. The minimum atomic E-state index is -1.62. The predicted octanol–water partition coefficient (Wildman–Crippen LogP) is 1.37. The lowest BCUT2D eigenvalue weighted by molar-refractivity contribution is -0.179. The fourth-order valence-corrected chi connectivity index (χ4v) is 3.93. The fraction of sp³-hybridized carbons (Fsp3) is 0.636. The van der Waals surface area contributed by atoms with E-state index in [4.69, 9.17) is 26.3 Å². The number of nitrogens with zero attached hydrogens (tertiary/aromatic N) is 1. The zero-order valence-electron chi connectivity index (χ0n) is 19.5. The Balaban J connectivity index is 0.00000129. The summed E-state index contributed by atoms with van der Waals surface area (Å²) in [6.45, 7) is 5.18. The van der Waals surface area contributed by atoms with Gasteiger partial charge in [0.1, 0.15) is 17.7 Å². The summed E-state index contributed by atoms with van der Waals surface area (Å²) in [6, 6.07) is 5.60. The molecule has 1 heterocycles. The average molecular weight is 481 g/mol. The normalized spacial score (nSPS) is 24.2. The van der Waals surface area contributed by atoms with Crippen molar-refractivity contribution in [2.24, 2.45) is 22.5 Å². The van der Waals surface area contributed by atoms with Crippen LogP contribution in [0.2, 0.25) is 0 Å². The summed E-state index contributed by atoms with van der Waals surface area (Å²) in [5.74, 6) is 5.43. The summed E-state index contributed by atoms with van der Waals surface area (Å²) in [7, 11) is 4.19. The number of amidine groups is 1. The molecule has 0 bridgehead atoms. The van der Waals surface area contributed by atoms with Crippen LogP contribution in [0.4, 0.5) is 0 Å². The molecule has 1 aliphatic heterocycles. The number of aliphatic hydroxyl groups is 2. The van der Waals surface area contributed by atoms with E-state index in [2.05, 4.69) is 24.6 Å². The molecule has 0 aromatic heterocycles. The summed E-state index contributed by atoms with van der Waals surface area (Å²) in [4.78, 5) is 20.8. The Morgan fingerprint density at radius 2 is 2.03 bits per heavy atom. The maximum atomic E-state index is 11.5. The average Bonchev–Trinajstić information content (AvgIpc) is 2.83. The molecule has 1 fully saturated rings. The van der Waals surface area contributed by atoms with E-state index >= 15 is 0 Å². The Morgan fingerprint density at radius 1 is 1.39 bits per heavy atom. The van der Waals surface area contributed by atoms with Gasteiger partial charge in [-0.1, -0.05) is 13.8 Å². The van der Waals surface area contributed by atoms with Gasteiger partial charge in [-0.2, -0.15) is 0 Å². The number of carboxylic acids is 1. The Hall–Kier alpha value is -1.79. The van der Waals surface area contributed by atoms with Crippen molar-refractivity contribution in [1.29, 1.82) is 0 Å². The van der Waals surface area contributed by atoms with E-state index in [1.807, 2.05) is 19.9 Å². The first-order chi connectivity index (χ1) is 15.8. The van der Waals surface area contributed by atoms with Crippen molar-refractivity contribution in [3.05, 3.63) is 29.3 Å². The van der Waals surface area contributed by atoms with Crippen LogP contribution in [0.1, 0.15) is 57.6 Å². The van der Waals surface area contributed by atoms with E-state index in [-0.39, 0.29) is 12.6 Å². The molecular weight excluding hydrogens is 445 g/mol. The smallest absolute Gasteiger partial charge is 0.341 e. The summed E-state index contributed by atoms with van der Waals surface area (Å²) < 4.78 is 5.85. The van der Waals surface area contributed by atoms with Crippen molar-refractivity contribution >= 4 is 31.4 Å². The number of ether oxygens (including phenoxy) is 1. The molecule has 1 aliphatic carbocycles. The number of benzene rings is 1. The maximum absolute atomic E-state index is 11.5. The van der Waals surface area contributed by atoms with Crippen LogP contribution in [0.25, 0.3) is 0 Å². The molecule has 2 aliphatic rings. The van der Waals surface area contributed by atoms with Gasteiger partial charge >= 0.3 is 5.97 Å². The number of carboxylic acid groups (broad SMARTS) is 1. The Morgan fingerprint density at radius 3 is 2.58 bits per heavy atom. The second kappa shape index (κ2) is 13.8. The summed E-state index contributed by atoms with van der Waals surface area (Å²) in [5.41, 5.74) is 6.27. The van der Waals surface area contributed by atoms with Gasteiger partial charge in [0.25, 0.3) is 0 Å². The molecule has 2 unspecified atom stereocenters. The summed E-state index contributed by atoms with van der Waals surface area (Å²) in [5, 5.41) is 27.8. The van der Waals surface area contributed by atoms with Crippen LogP contribution >= 0.6 is 12.5 Å². The second-order valence-corrected chi connectivity index (χ2v) is 8.08. The number of aryl methyl sites for hydroxylation is 1. The van der Waals surface area contributed by atoms with Crippen LogP contribution in [-0.2, 0) is 16.1 Å². The minimum Gasteiger partial charge on any atom is -0.486 e. The second-order valence-electron chi connectivity index (χ2n) is 8.08. The van der Waals surface area contributed by atoms with Crippen molar-refractivity contribution in [3.8, 4) is 5.75 Å². The molecule has 0 spiro atoms. The molecule has 9 nitrogen and oxygen atoms in total. The first kappa shape index (κ1) is 29.2. The first-order valence-corrected chi connectivity index (χ1v) is 11.6. The first-order valence-electron chi connectivity index (χ1n) is 11.1. The van der Waals surface area contributed by atoms with Crippen LogP contribution in [0.3, 0.4) is 0 Å². The maximum Gasteiger partial charge on any atom is 0.341 e. The molecule has 7 N–H and O–H groups in total. The van der Waals surface area contributed by atoms with E-state index in [1.54, 1.807) is 12.1 Å². The third-order valence-electron chi connectivity index (χ3n) is 5.93. The number of rotatable bonds is 8. The van der Waals surface area contributed by atoms with Crippen molar-refractivity contribution in [2.75, 3.05) is 6.61 Å². The van der Waals surface area contributed by atoms with Gasteiger partial charge in [-0.3, -0.25) is 9.83 Å². The third kappa shape index (κ3) is 7.35. The zero-order valence-corrected chi connectivity index (χ0v) is 20.4. The van der Waals surface area contributed by atoms with Gasteiger partial charge in [0.05, 0.1) is 18.8 Å². The van der Waals surface area contributed by atoms with Gasteiger partial charge in [-0.05, 0) is 68.7 Å². The number of thiol groups is 1. The van der Waals surface area contributed by atoms with E-state index in [9.17, 15) is 15.0 Å². The summed E-state index contributed by atoms with van der Waals surface area (Å²) >= 11 is 3.03. The number of fused-ring (bicyclic) bond motifs is 1. The van der Waals surface area contributed by atoms with E-state index in [0.29, 0.717) is 36.8 Å². The molecule has 184 valence electrons. The molecule has 1 aromatic carbocycles. The van der Waals surface area contributed by atoms with Crippen LogP contribution in [-0.4, -0.2) is 64.7 Å². The van der Waals surface area contributed by atoms with Crippen molar-refractivity contribution in [3.63, 3.8) is 0 Å². The minimum absolute atomic E-state index is 0.125. The Bertz CT molecular complexity index is 793. The molecule has 1 saturated carbocycles. The van der Waals surface area contributed by atoms with Gasteiger partial charge in [0.15, 0.2) is 7.12 Å². The third-order valence-corrected chi connectivity index (χ3v) is 5.93. The highest BCUT2D eigenvalue weighted by Gasteiger charge is 2.46. The van der Waals surface area contributed by atoms with Crippen molar-refractivity contribution < 1.29 is 29.7 Å². The molecule has 3 atom stereocenters. The molecule has 1 aromatic rings. The highest BCUT2D eigenvalue weighted by atomic mass is 32.1. The van der Waals surface area contributed by atoms with E-state index < -0.39 is 23.8 Å². The quantitative estimate of drug-likeness (QED) is 0.107. The van der Waals surface area contributed by atoms with Gasteiger partial charge in [-0.15, -0.1) is 0 Å². The molecule has 0 saturated heterocycles. The van der Waals surface area contributed by atoms with Crippen LogP contribution in [0, 0.1) is 5.92 Å². The Labute approximate surface area is 202 Å². The molecule has 11 heteroatoms. The lowest BCUT2D eigenvalue weighted by atomic mass is 9.77. The number of carbonyl (C=O) groups is 1. The van der Waals surface area contributed by atoms with Crippen molar-refractivity contribution in [1.82, 2.24) is 0 Å². The van der Waals surface area contributed by atoms with Gasteiger partial charge in [0.2, 0.25) is 5.60 Å². The Kier molecular flexibility index (Phi) is 12.2. The van der Waals surface area contributed by atoms with Gasteiger partial charge in [0, 0.05) is 5.56 Å². The number of hydrogen-bond donors (Lipinski definition) is 6. The number of nitrogens with two attached hydrogens (primary N) is 2. The highest BCUT2D eigenvalue weighted by molar-refractivity contribution is 8.03. The van der Waals surface area contributed by atoms with Crippen LogP contribution in [0.5, 0.6) is 5.75 Å². The number of hydrogen-bond acceptors (Lipinski definition) is 8.